The molecule has 1 aromatic heterocycles. The van der Waals surface area contributed by atoms with E-state index in [-0.39, 0.29) is 0 Å². The van der Waals surface area contributed by atoms with Gasteiger partial charge in [0.15, 0.2) is 0 Å². The third-order valence-corrected chi connectivity index (χ3v) is 4.79. The van der Waals surface area contributed by atoms with E-state index in [0.29, 0.717) is 12.0 Å². The number of hydrogen-bond acceptors (Lipinski definition) is 3. The Morgan fingerprint density at radius 3 is 2.81 bits per heavy atom. The molecule has 90 valence electrons. The molecule has 2 rings (SSSR count). The summed E-state index contributed by atoms with van der Waals surface area (Å²) in [5, 5.41) is 0. The molecule has 2 N–H and O–H groups in total. The smallest absolute Gasteiger partial charge is 0.0328 e. The van der Waals surface area contributed by atoms with Crippen molar-refractivity contribution in [3.05, 3.63) is 21.4 Å². The molecule has 1 aromatic rings. The van der Waals surface area contributed by atoms with Crippen LogP contribution in [0, 0.1) is 19.8 Å². The maximum atomic E-state index is 6.04. The normalized spacial score (nSPS) is 27.2. The molecule has 0 aromatic carbocycles. The van der Waals surface area contributed by atoms with Crippen molar-refractivity contribution in [2.45, 2.75) is 39.8 Å². The van der Waals surface area contributed by atoms with Gasteiger partial charge in [0.2, 0.25) is 0 Å². The summed E-state index contributed by atoms with van der Waals surface area (Å²) < 4.78 is 0. The van der Waals surface area contributed by atoms with Gasteiger partial charge in [-0.05, 0) is 37.8 Å². The SMILES string of the molecule is Cc1cc(CN2CCC(N)C(C)C2)sc1C. The molecule has 2 heterocycles. The van der Waals surface area contributed by atoms with Crippen molar-refractivity contribution in [1.82, 2.24) is 4.90 Å². The van der Waals surface area contributed by atoms with Gasteiger partial charge in [0, 0.05) is 35.4 Å². The van der Waals surface area contributed by atoms with E-state index in [9.17, 15) is 0 Å². The Hall–Kier alpha value is -0.380. The summed E-state index contributed by atoms with van der Waals surface area (Å²) in [6.07, 6.45) is 1.14. The molecule has 1 fully saturated rings. The number of aryl methyl sites for hydroxylation is 2. The first-order valence-corrected chi connectivity index (χ1v) is 6.91. The Labute approximate surface area is 102 Å². The van der Waals surface area contributed by atoms with Crippen LogP contribution in [0.1, 0.15) is 28.7 Å². The van der Waals surface area contributed by atoms with Gasteiger partial charge in [-0.25, -0.2) is 0 Å². The van der Waals surface area contributed by atoms with Gasteiger partial charge in [-0.1, -0.05) is 6.92 Å². The predicted molar refractivity (Wildman–Crippen MR) is 70.8 cm³/mol. The summed E-state index contributed by atoms with van der Waals surface area (Å²) in [5.41, 5.74) is 7.47. The van der Waals surface area contributed by atoms with Crippen LogP contribution in [0.4, 0.5) is 0 Å². The van der Waals surface area contributed by atoms with Crippen LogP contribution in [0.3, 0.4) is 0 Å². The molecular formula is C13H22N2S. The van der Waals surface area contributed by atoms with Crippen molar-refractivity contribution in [1.29, 1.82) is 0 Å². The summed E-state index contributed by atoms with van der Waals surface area (Å²) >= 11 is 1.94. The van der Waals surface area contributed by atoms with Crippen LogP contribution in [-0.2, 0) is 6.54 Å². The van der Waals surface area contributed by atoms with Gasteiger partial charge in [0.1, 0.15) is 0 Å². The van der Waals surface area contributed by atoms with E-state index < -0.39 is 0 Å². The highest BCUT2D eigenvalue weighted by Gasteiger charge is 2.23. The van der Waals surface area contributed by atoms with Crippen molar-refractivity contribution in [2.24, 2.45) is 11.7 Å². The zero-order chi connectivity index (χ0) is 11.7. The minimum absolute atomic E-state index is 0.406. The fourth-order valence-corrected chi connectivity index (χ4v) is 3.44. The molecule has 1 aliphatic heterocycles. The predicted octanol–water partition coefficient (Wildman–Crippen LogP) is 2.53. The van der Waals surface area contributed by atoms with Crippen LogP contribution < -0.4 is 5.73 Å². The highest BCUT2D eigenvalue weighted by molar-refractivity contribution is 7.12. The van der Waals surface area contributed by atoms with Gasteiger partial charge in [-0.15, -0.1) is 11.3 Å². The summed E-state index contributed by atoms with van der Waals surface area (Å²) in [7, 11) is 0. The van der Waals surface area contributed by atoms with Crippen molar-refractivity contribution >= 4 is 11.3 Å². The molecule has 2 nitrogen and oxygen atoms in total. The zero-order valence-corrected chi connectivity index (χ0v) is 11.3. The molecule has 2 atom stereocenters. The highest BCUT2D eigenvalue weighted by Crippen LogP contribution is 2.24. The summed E-state index contributed by atoms with van der Waals surface area (Å²) in [6, 6.07) is 2.74. The van der Waals surface area contributed by atoms with Gasteiger partial charge in [-0.3, -0.25) is 4.90 Å². The van der Waals surface area contributed by atoms with Crippen molar-refractivity contribution < 1.29 is 0 Å². The molecule has 0 amide bonds. The number of hydrogen-bond donors (Lipinski definition) is 1. The van der Waals surface area contributed by atoms with Crippen LogP contribution >= 0.6 is 11.3 Å². The van der Waals surface area contributed by atoms with E-state index in [4.69, 9.17) is 5.73 Å². The minimum atomic E-state index is 0.406. The molecule has 0 radical (unpaired) electrons. The molecule has 0 aliphatic carbocycles. The lowest BCUT2D eigenvalue weighted by atomic mass is 9.95. The molecule has 16 heavy (non-hydrogen) atoms. The van der Waals surface area contributed by atoms with E-state index in [1.165, 1.54) is 15.3 Å². The maximum Gasteiger partial charge on any atom is 0.0328 e. The van der Waals surface area contributed by atoms with Crippen LogP contribution in [0.2, 0.25) is 0 Å². The standard InChI is InChI=1S/C13H22N2S/c1-9-6-12(16-11(9)3)8-15-5-4-13(14)10(2)7-15/h6,10,13H,4-5,7-8,14H2,1-3H3. The lowest BCUT2D eigenvalue weighted by molar-refractivity contribution is 0.159. The lowest BCUT2D eigenvalue weighted by Gasteiger charge is -2.34. The number of likely N-dealkylation sites (tertiary alicyclic amines) is 1. The first-order valence-electron chi connectivity index (χ1n) is 6.10. The maximum absolute atomic E-state index is 6.04. The number of rotatable bonds is 2. The summed E-state index contributed by atoms with van der Waals surface area (Å²) in [4.78, 5) is 5.49. The second kappa shape index (κ2) is 4.86. The molecule has 0 saturated carbocycles. The molecular weight excluding hydrogens is 216 g/mol. The number of piperidine rings is 1. The Kier molecular flexibility index (Phi) is 3.67. The Balaban J connectivity index is 1.95. The topological polar surface area (TPSA) is 29.3 Å². The van der Waals surface area contributed by atoms with Gasteiger partial charge < -0.3 is 5.73 Å². The van der Waals surface area contributed by atoms with Crippen LogP contribution in [-0.4, -0.2) is 24.0 Å². The van der Waals surface area contributed by atoms with Gasteiger partial charge >= 0.3 is 0 Å². The van der Waals surface area contributed by atoms with Crippen molar-refractivity contribution in [3.8, 4) is 0 Å². The van der Waals surface area contributed by atoms with Crippen LogP contribution in [0.25, 0.3) is 0 Å². The Morgan fingerprint density at radius 1 is 1.50 bits per heavy atom. The van der Waals surface area contributed by atoms with Gasteiger partial charge in [0.05, 0.1) is 0 Å². The van der Waals surface area contributed by atoms with Gasteiger partial charge in [-0.2, -0.15) is 0 Å². The molecule has 1 saturated heterocycles. The zero-order valence-electron chi connectivity index (χ0n) is 10.5. The third-order valence-electron chi connectivity index (χ3n) is 3.65. The molecule has 0 bridgehead atoms. The van der Waals surface area contributed by atoms with E-state index in [0.717, 1.165) is 26.1 Å². The average Bonchev–Trinajstić information content (AvgIpc) is 2.52. The fourth-order valence-electron chi connectivity index (χ4n) is 2.34. The average molecular weight is 238 g/mol. The minimum Gasteiger partial charge on any atom is -0.327 e. The van der Waals surface area contributed by atoms with E-state index in [1.807, 2.05) is 11.3 Å². The third kappa shape index (κ3) is 2.65. The summed E-state index contributed by atoms with van der Waals surface area (Å²) in [5.74, 6) is 0.635. The highest BCUT2D eigenvalue weighted by atomic mass is 32.1. The second-order valence-corrected chi connectivity index (χ2v) is 6.46. The Morgan fingerprint density at radius 2 is 2.25 bits per heavy atom. The Bertz CT molecular complexity index is 339. The first kappa shape index (κ1) is 12.1. The molecule has 2 unspecified atom stereocenters. The largest absolute Gasteiger partial charge is 0.327 e. The first-order chi connectivity index (χ1) is 7.56. The van der Waals surface area contributed by atoms with Gasteiger partial charge in [0.25, 0.3) is 0 Å². The van der Waals surface area contributed by atoms with Crippen LogP contribution in [0.5, 0.6) is 0 Å². The van der Waals surface area contributed by atoms with E-state index >= 15 is 0 Å². The number of thiophene rings is 1. The monoisotopic (exact) mass is 238 g/mol. The molecule has 0 spiro atoms. The quantitative estimate of drug-likeness (QED) is 0.858. The fraction of sp³-hybridized carbons (Fsp3) is 0.692. The van der Waals surface area contributed by atoms with Crippen molar-refractivity contribution in [2.75, 3.05) is 13.1 Å². The van der Waals surface area contributed by atoms with Crippen molar-refractivity contribution in [3.63, 3.8) is 0 Å². The molecule has 3 heteroatoms. The molecule has 1 aliphatic rings. The summed E-state index contributed by atoms with van der Waals surface area (Å²) in [6.45, 7) is 10.1. The van der Waals surface area contributed by atoms with E-state index in [2.05, 4.69) is 31.7 Å². The number of nitrogens with zero attached hydrogens (tertiary/aromatic N) is 1. The number of nitrogens with two attached hydrogens (primary N) is 1. The lowest BCUT2D eigenvalue weighted by Crippen LogP contribution is -2.45. The van der Waals surface area contributed by atoms with Crippen LogP contribution in [0.15, 0.2) is 6.07 Å². The van der Waals surface area contributed by atoms with E-state index in [1.54, 1.807) is 0 Å². The second-order valence-electron chi connectivity index (χ2n) is 5.12.